The largest absolute Gasteiger partial charge is 0.493 e. The Kier molecular flexibility index (Phi) is 5.05. The second kappa shape index (κ2) is 6.78. The number of benzene rings is 1. The van der Waals surface area contributed by atoms with Crippen LogP contribution in [0.3, 0.4) is 0 Å². The van der Waals surface area contributed by atoms with Crippen molar-refractivity contribution < 1.29 is 9.47 Å². The third-order valence-electron chi connectivity index (χ3n) is 3.84. The summed E-state index contributed by atoms with van der Waals surface area (Å²) in [5, 5.41) is 0. The monoisotopic (exact) mass is 264 g/mol. The van der Waals surface area contributed by atoms with Crippen molar-refractivity contribution in [2.75, 3.05) is 27.3 Å². The van der Waals surface area contributed by atoms with Crippen LogP contribution in [0.4, 0.5) is 0 Å². The molecule has 1 aromatic carbocycles. The highest BCUT2D eigenvalue weighted by Crippen LogP contribution is 2.30. The molecule has 0 amide bonds. The lowest BCUT2D eigenvalue weighted by Crippen LogP contribution is -2.42. The average Bonchev–Trinajstić information content (AvgIpc) is 2.37. The number of hydrogen-bond donors (Lipinski definition) is 1. The molecular weight excluding hydrogens is 240 g/mol. The molecule has 1 aromatic rings. The molecule has 0 aliphatic heterocycles. The molecule has 2 rings (SSSR count). The van der Waals surface area contributed by atoms with Gasteiger partial charge in [-0.2, -0.15) is 0 Å². The summed E-state index contributed by atoms with van der Waals surface area (Å²) < 4.78 is 10.6. The van der Waals surface area contributed by atoms with Crippen molar-refractivity contribution in [2.24, 2.45) is 5.73 Å². The second-order valence-electron chi connectivity index (χ2n) is 5.03. The molecule has 0 spiro atoms. The minimum atomic E-state index is 0.705. The van der Waals surface area contributed by atoms with Gasteiger partial charge >= 0.3 is 0 Å². The molecule has 1 fully saturated rings. The Bertz CT molecular complexity index is 405. The maximum atomic E-state index is 5.72. The molecular formula is C15H24N2O2. The first kappa shape index (κ1) is 14.2. The quantitative estimate of drug-likeness (QED) is 0.818. The zero-order valence-corrected chi connectivity index (χ0v) is 11.9. The molecule has 1 saturated carbocycles. The van der Waals surface area contributed by atoms with Gasteiger partial charge < -0.3 is 15.2 Å². The normalized spacial score (nSPS) is 15.4. The predicted octanol–water partition coefficient (Wildman–Crippen LogP) is 2.02. The van der Waals surface area contributed by atoms with Gasteiger partial charge in [-0.1, -0.05) is 12.5 Å². The van der Waals surface area contributed by atoms with E-state index in [0.29, 0.717) is 12.6 Å². The van der Waals surface area contributed by atoms with Crippen LogP contribution < -0.4 is 15.2 Å². The van der Waals surface area contributed by atoms with Gasteiger partial charge in [0.2, 0.25) is 0 Å². The Hall–Kier alpha value is -1.26. The van der Waals surface area contributed by atoms with E-state index >= 15 is 0 Å². The fraction of sp³-hybridized carbons (Fsp3) is 0.600. The maximum absolute atomic E-state index is 5.72. The summed E-state index contributed by atoms with van der Waals surface area (Å²) in [6.07, 6.45) is 3.94. The molecule has 0 heterocycles. The molecule has 2 N–H and O–H groups in total. The number of rotatable bonds is 7. The van der Waals surface area contributed by atoms with Crippen molar-refractivity contribution >= 4 is 0 Å². The van der Waals surface area contributed by atoms with E-state index in [-0.39, 0.29) is 0 Å². The highest BCUT2D eigenvalue weighted by molar-refractivity contribution is 5.42. The van der Waals surface area contributed by atoms with Crippen molar-refractivity contribution in [3.8, 4) is 11.5 Å². The zero-order valence-electron chi connectivity index (χ0n) is 11.9. The van der Waals surface area contributed by atoms with Crippen LogP contribution in [-0.2, 0) is 6.54 Å². The van der Waals surface area contributed by atoms with Gasteiger partial charge in [-0.05, 0) is 30.5 Å². The number of methoxy groups -OCH3 is 2. The molecule has 0 saturated heterocycles. The fourth-order valence-corrected chi connectivity index (χ4v) is 2.52. The molecule has 1 aliphatic rings. The van der Waals surface area contributed by atoms with Crippen LogP contribution in [0.15, 0.2) is 18.2 Å². The van der Waals surface area contributed by atoms with Crippen molar-refractivity contribution in [3.05, 3.63) is 23.8 Å². The van der Waals surface area contributed by atoms with Crippen molar-refractivity contribution in [1.29, 1.82) is 0 Å². The Balaban J connectivity index is 2.07. The van der Waals surface area contributed by atoms with Crippen LogP contribution in [-0.4, -0.2) is 38.3 Å². The lowest BCUT2D eigenvalue weighted by atomic mass is 9.91. The Morgan fingerprint density at radius 2 is 1.95 bits per heavy atom. The fourth-order valence-electron chi connectivity index (χ4n) is 2.52. The van der Waals surface area contributed by atoms with Crippen molar-refractivity contribution in [1.82, 2.24) is 4.90 Å². The number of ether oxygens (including phenoxy) is 2. The number of nitrogens with zero attached hydrogens (tertiary/aromatic N) is 1. The van der Waals surface area contributed by atoms with Gasteiger partial charge in [0.05, 0.1) is 14.2 Å². The van der Waals surface area contributed by atoms with Gasteiger partial charge in [0.25, 0.3) is 0 Å². The summed E-state index contributed by atoms with van der Waals surface area (Å²) in [4.78, 5) is 2.48. The second-order valence-corrected chi connectivity index (χ2v) is 5.03. The summed E-state index contributed by atoms with van der Waals surface area (Å²) in [7, 11) is 3.33. The first-order valence-electron chi connectivity index (χ1n) is 6.93. The van der Waals surface area contributed by atoms with Gasteiger partial charge in [0.1, 0.15) is 0 Å². The molecule has 0 radical (unpaired) electrons. The summed E-state index contributed by atoms with van der Waals surface area (Å²) in [5.74, 6) is 1.57. The van der Waals surface area contributed by atoms with E-state index in [0.717, 1.165) is 24.6 Å². The Morgan fingerprint density at radius 1 is 1.21 bits per heavy atom. The van der Waals surface area contributed by atoms with Crippen LogP contribution in [0.5, 0.6) is 11.5 Å². The molecule has 0 bridgehead atoms. The molecule has 4 nitrogen and oxygen atoms in total. The van der Waals surface area contributed by atoms with Crippen LogP contribution in [0.1, 0.15) is 24.8 Å². The van der Waals surface area contributed by atoms with Crippen molar-refractivity contribution in [2.45, 2.75) is 31.8 Å². The highest BCUT2D eigenvalue weighted by atomic mass is 16.5. The molecule has 4 heteroatoms. The summed E-state index contributed by atoms with van der Waals surface area (Å²) >= 11 is 0. The van der Waals surface area contributed by atoms with Crippen LogP contribution in [0.25, 0.3) is 0 Å². The third kappa shape index (κ3) is 3.39. The number of nitrogens with two attached hydrogens (primary N) is 1. The summed E-state index contributed by atoms with van der Waals surface area (Å²) in [6.45, 7) is 2.60. The molecule has 0 atom stereocenters. The molecule has 1 aliphatic carbocycles. The van der Waals surface area contributed by atoms with Crippen LogP contribution >= 0.6 is 0 Å². The van der Waals surface area contributed by atoms with Gasteiger partial charge in [0, 0.05) is 25.7 Å². The van der Waals surface area contributed by atoms with E-state index in [1.807, 2.05) is 6.07 Å². The summed E-state index contributed by atoms with van der Waals surface area (Å²) in [6, 6.07) is 6.83. The lowest BCUT2D eigenvalue weighted by molar-refractivity contribution is 0.123. The molecule has 0 aromatic heterocycles. The topological polar surface area (TPSA) is 47.7 Å². The highest BCUT2D eigenvalue weighted by Gasteiger charge is 2.24. The van der Waals surface area contributed by atoms with Gasteiger partial charge in [0.15, 0.2) is 11.5 Å². The number of hydrogen-bond acceptors (Lipinski definition) is 4. The van der Waals surface area contributed by atoms with Crippen LogP contribution in [0.2, 0.25) is 0 Å². The predicted molar refractivity (Wildman–Crippen MR) is 76.6 cm³/mol. The Morgan fingerprint density at radius 3 is 2.47 bits per heavy atom. The standard InChI is InChI=1S/C15H24N2O2/c1-18-14-7-6-12(10-15(14)19-2)11-17(9-8-16)13-4-3-5-13/h6-7,10,13H,3-5,8-9,11,16H2,1-2H3. The van der Waals surface area contributed by atoms with E-state index in [1.165, 1.54) is 24.8 Å². The van der Waals surface area contributed by atoms with E-state index in [2.05, 4.69) is 17.0 Å². The van der Waals surface area contributed by atoms with Gasteiger partial charge in [-0.3, -0.25) is 4.90 Å². The Labute approximate surface area is 115 Å². The van der Waals surface area contributed by atoms with E-state index in [1.54, 1.807) is 14.2 Å². The van der Waals surface area contributed by atoms with E-state index in [9.17, 15) is 0 Å². The minimum absolute atomic E-state index is 0.705. The average molecular weight is 264 g/mol. The van der Waals surface area contributed by atoms with Gasteiger partial charge in [-0.25, -0.2) is 0 Å². The zero-order chi connectivity index (χ0) is 13.7. The van der Waals surface area contributed by atoms with E-state index in [4.69, 9.17) is 15.2 Å². The molecule has 0 unspecified atom stereocenters. The molecule has 106 valence electrons. The van der Waals surface area contributed by atoms with E-state index < -0.39 is 0 Å². The smallest absolute Gasteiger partial charge is 0.161 e. The summed E-state index contributed by atoms with van der Waals surface area (Å²) in [5.41, 5.74) is 6.96. The molecule has 19 heavy (non-hydrogen) atoms. The SMILES string of the molecule is COc1ccc(CN(CCN)C2CCC2)cc1OC. The van der Waals surface area contributed by atoms with Gasteiger partial charge in [-0.15, -0.1) is 0 Å². The van der Waals surface area contributed by atoms with Crippen molar-refractivity contribution in [3.63, 3.8) is 0 Å². The maximum Gasteiger partial charge on any atom is 0.161 e. The first-order chi connectivity index (χ1) is 9.28. The van der Waals surface area contributed by atoms with Crippen LogP contribution in [0, 0.1) is 0 Å². The third-order valence-corrected chi connectivity index (χ3v) is 3.84. The first-order valence-corrected chi connectivity index (χ1v) is 6.93. The minimum Gasteiger partial charge on any atom is -0.493 e. The lowest BCUT2D eigenvalue weighted by Gasteiger charge is -2.37.